The predicted octanol–water partition coefficient (Wildman–Crippen LogP) is 3.45. The van der Waals surface area contributed by atoms with Crippen molar-refractivity contribution in [3.05, 3.63) is 35.4 Å². The SMILES string of the molecule is CCNC(=NCC(c1ccc(C)cc1)N1CCOCC1)N1CCC(OCC)CC1.I. The Labute approximate surface area is 199 Å². The molecule has 0 aromatic heterocycles. The largest absolute Gasteiger partial charge is 0.379 e. The fourth-order valence-corrected chi connectivity index (χ4v) is 4.18. The summed E-state index contributed by atoms with van der Waals surface area (Å²) in [5, 5.41) is 3.51. The van der Waals surface area contributed by atoms with E-state index >= 15 is 0 Å². The molecule has 0 amide bonds. The Morgan fingerprint density at radius 1 is 1.13 bits per heavy atom. The molecular weight excluding hydrogens is 491 g/mol. The van der Waals surface area contributed by atoms with Crippen molar-refractivity contribution < 1.29 is 9.47 Å². The number of rotatable bonds is 7. The number of morpholine rings is 1. The molecule has 30 heavy (non-hydrogen) atoms. The summed E-state index contributed by atoms with van der Waals surface area (Å²) in [4.78, 5) is 10.0. The van der Waals surface area contributed by atoms with Crippen LogP contribution in [-0.2, 0) is 9.47 Å². The van der Waals surface area contributed by atoms with Crippen molar-refractivity contribution >= 4 is 29.9 Å². The van der Waals surface area contributed by atoms with E-state index in [1.165, 1.54) is 11.1 Å². The molecule has 2 saturated heterocycles. The minimum Gasteiger partial charge on any atom is -0.379 e. The van der Waals surface area contributed by atoms with Crippen molar-refractivity contribution in [3.63, 3.8) is 0 Å². The molecule has 2 heterocycles. The summed E-state index contributed by atoms with van der Waals surface area (Å²) in [6, 6.07) is 9.21. The van der Waals surface area contributed by atoms with Crippen molar-refractivity contribution in [2.24, 2.45) is 4.99 Å². The summed E-state index contributed by atoms with van der Waals surface area (Å²) in [6.07, 6.45) is 2.54. The molecule has 2 fully saturated rings. The van der Waals surface area contributed by atoms with Crippen molar-refractivity contribution in [2.75, 3.05) is 59.1 Å². The van der Waals surface area contributed by atoms with Gasteiger partial charge in [0.05, 0.1) is 31.9 Å². The van der Waals surface area contributed by atoms with Crippen molar-refractivity contribution in [2.45, 2.75) is 45.8 Å². The number of likely N-dealkylation sites (tertiary alicyclic amines) is 1. The summed E-state index contributed by atoms with van der Waals surface area (Å²) in [6.45, 7) is 14.3. The molecule has 0 radical (unpaired) electrons. The Morgan fingerprint density at radius 3 is 2.40 bits per heavy atom. The summed E-state index contributed by atoms with van der Waals surface area (Å²) >= 11 is 0. The smallest absolute Gasteiger partial charge is 0.193 e. The summed E-state index contributed by atoms with van der Waals surface area (Å²) in [7, 11) is 0. The Morgan fingerprint density at radius 2 is 1.80 bits per heavy atom. The molecule has 1 atom stereocenters. The van der Waals surface area contributed by atoms with E-state index in [0.717, 1.165) is 77.9 Å². The van der Waals surface area contributed by atoms with Gasteiger partial charge in [-0.1, -0.05) is 29.8 Å². The summed E-state index contributed by atoms with van der Waals surface area (Å²) in [5.41, 5.74) is 2.63. The van der Waals surface area contributed by atoms with E-state index in [0.29, 0.717) is 6.10 Å². The minimum atomic E-state index is 0. The first-order valence-electron chi connectivity index (χ1n) is 11.2. The van der Waals surface area contributed by atoms with Gasteiger partial charge >= 0.3 is 0 Å². The van der Waals surface area contributed by atoms with Gasteiger partial charge in [-0.05, 0) is 39.2 Å². The first-order chi connectivity index (χ1) is 14.2. The quantitative estimate of drug-likeness (QED) is 0.333. The van der Waals surface area contributed by atoms with Crippen LogP contribution in [0.3, 0.4) is 0 Å². The van der Waals surface area contributed by atoms with Gasteiger partial charge in [0, 0.05) is 39.3 Å². The highest BCUT2D eigenvalue weighted by Crippen LogP contribution is 2.23. The second-order valence-electron chi connectivity index (χ2n) is 7.91. The normalized spacial score (nSPS) is 20.0. The van der Waals surface area contributed by atoms with Crippen molar-refractivity contribution in [1.29, 1.82) is 0 Å². The number of nitrogens with zero attached hydrogens (tertiary/aromatic N) is 3. The lowest BCUT2D eigenvalue weighted by atomic mass is 10.0. The molecule has 0 saturated carbocycles. The van der Waals surface area contributed by atoms with E-state index in [9.17, 15) is 0 Å². The van der Waals surface area contributed by atoms with E-state index in [1.54, 1.807) is 0 Å². The van der Waals surface area contributed by atoms with Gasteiger partial charge in [0.15, 0.2) is 5.96 Å². The van der Waals surface area contributed by atoms with Gasteiger partial charge in [-0.2, -0.15) is 0 Å². The molecule has 1 aromatic carbocycles. The van der Waals surface area contributed by atoms with Crippen LogP contribution in [0.4, 0.5) is 0 Å². The van der Waals surface area contributed by atoms with Crippen molar-refractivity contribution in [3.8, 4) is 0 Å². The topological polar surface area (TPSA) is 49.3 Å². The maximum absolute atomic E-state index is 5.81. The second-order valence-corrected chi connectivity index (χ2v) is 7.91. The molecule has 0 bridgehead atoms. The number of hydrogen-bond donors (Lipinski definition) is 1. The third kappa shape index (κ3) is 7.35. The highest BCUT2D eigenvalue weighted by Gasteiger charge is 2.25. The lowest BCUT2D eigenvalue weighted by molar-refractivity contribution is 0.0177. The fraction of sp³-hybridized carbons (Fsp3) is 0.696. The van der Waals surface area contributed by atoms with E-state index in [2.05, 4.69) is 60.2 Å². The maximum atomic E-state index is 5.81. The molecule has 0 aliphatic carbocycles. The molecule has 1 unspecified atom stereocenters. The zero-order valence-corrected chi connectivity index (χ0v) is 21.1. The van der Waals surface area contributed by atoms with E-state index in [-0.39, 0.29) is 30.0 Å². The highest BCUT2D eigenvalue weighted by molar-refractivity contribution is 14.0. The molecule has 2 aliphatic rings. The first-order valence-corrected chi connectivity index (χ1v) is 11.2. The summed E-state index contributed by atoms with van der Waals surface area (Å²) < 4.78 is 11.4. The van der Waals surface area contributed by atoms with Gasteiger partial charge in [-0.25, -0.2) is 0 Å². The molecule has 0 spiro atoms. The van der Waals surface area contributed by atoms with Crippen LogP contribution < -0.4 is 5.32 Å². The number of guanidine groups is 1. The Balaban J connectivity index is 0.00000320. The highest BCUT2D eigenvalue weighted by atomic mass is 127. The number of aryl methyl sites for hydroxylation is 1. The molecule has 6 nitrogen and oxygen atoms in total. The van der Waals surface area contributed by atoms with Gasteiger partial charge in [-0.15, -0.1) is 24.0 Å². The first kappa shape index (κ1) is 25.4. The standard InChI is InChI=1S/C23H38N4O2.HI/c1-4-24-23(27-12-10-21(11-13-27)29-5-2)25-18-22(26-14-16-28-17-15-26)20-8-6-19(3)7-9-20;/h6-9,21-22H,4-5,10-18H2,1-3H3,(H,24,25);1H. The van der Waals surface area contributed by atoms with Gasteiger partial charge in [0.2, 0.25) is 0 Å². The lowest BCUT2D eigenvalue weighted by Crippen LogP contribution is -2.47. The van der Waals surface area contributed by atoms with Gasteiger partial charge in [0.25, 0.3) is 0 Å². The van der Waals surface area contributed by atoms with Crippen LogP contribution in [0.2, 0.25) is 0 Å². The Kier molecular flexibility index (Phi) is 11.4. The molecular formula is C23H39IN4O2. The van der Waals surface area contributed by atoms with Crippen LogP contribution in [0.5, 0.6) is 0 Å². The van der Waals surface area contributed by atoms with E-state index in [1.807, 2.05) is 0 Å². The minimum absolute atomic E-state index is 0. The zero-order valence-electron chi connectivity index (χ0n) is 18.8. The van der Waals surface area contributed by atoms with Gasteiger partial charge in [0.1, 0.15) is 0 Å². The number of benzene rings is 1. The van der Waals surface area contributed by atoms with Crippen LogP contribution in [-0.4, -0.2) is 81.0 Å². The average Bonchev–Trinajstić information content (AvgIpc) is 2.76. The van der Waals surface area contributed by atoms with Crippen LogP contribution in [0.15, 0.2) is 29.3 Å². The predicted molar refractivity (Wildman–Crippen MR) is 134 cm³/mol. The lowest BCUT2D eigenvalue weighted by Gasteiger charge is -2.36. The van der Waals surface area contributed by atoms with Crippen LogP contribution >= 0.6 is 24.0 Å². The average molecular weight is 530 g/mol. The monoisotopic (exact) mass is 530 g/mol. The van der Waals surface area contributed by atoms with Crippen LogP contribution in [0.25, 0.3) is 0 Å². The molecule has 7 heteroatoms. The number of nitrogens with one attached hydrogen (secondary N) is 1. The Hall–Kier alpha value is -0.900. The number of aliphatic imine (C=N–C) groups is 1. The molecule has 2 aliphatic heterocycles. The van der Waals surface area contributed by atoms with Crippen LogP contribution in [0, 0.1) is 6.92 Å². The third-order valence-corrected chi connectivity index (χ3v) is 5.84. The van der Waals surface area contributed by atoms with Crippen molar-refractivity contribution in [1.82, 2.24) is 15.1 Å². The zero-order chi connectivity index (χ0) is 20.5. The van der Waals surface area contributed by atoms with Gasteiger partial charge in [-0.3, -0.25) is 9.89 Å². The number of halogens is 1. The second kappa shape index (κ2) is 13.5. The molecule has 3 rings (SSSR count). The fourth-order valence-electron chi connectivity index (χ4n) is 4.18. The summed E-state index contributed by atoms with van der Waals surface area (Å²) in [5.74, 6) is 1.04. The molecule has 170 valence electrons. The maximum Gasteiger partial charge on any atom is 0.193 e. The number of piperidine rings is 1. The Bertz CT molecular complexity index is 627. The van der Waals surface area contributed by atoms with E-state index in [4.69, 9.17) is 14.5 Å². The number of hydrogen-bond acceptors (Lipinski definition) is 4. The molecule has 1 aromatic rings. The van der Waals surface area contributed by atoms with E-state index < -0.39 is 0 Å². The number of ether oxygens (including phenoxy) is 2. The van der Waals surface area contributed by atoms with Crippen LogP contribution in [0.1, 0.15) is 43.9 Å². The third-order valence-electron chi connectivity index (χ3n) is 5.84. The van der Waals surface area contributed by atoms with Gasteiger partial charge < -0.3 is 19.7 Å². The molecule has 1 N–H and O–H groups in total.